The average molecular weight is 320 g/mol. The average Bonchev–Trinajstić information content (AvgIpc) is 2.93. The number of rotatable bonds is 5. The number of thiophene rings is 1. The minimum Gasteiger partial charge on any atom is -0.435 e. The molecule has 112 valence electrons. The lowest BCUT2D eigenvalue weighted by molar-refractivity contribution is -0.111. The van der Waals surface area contributed by atoms with Crippen LogP contribution in [-0.4, -0.2) is 12.5 Å². The molecule has 1 amide bonds. The smallest absolute Gasteiger partial charge is 0.387 e. The molecule has 7 heteroatoms. The predicted octanol–water partition coefficient (Wildman–Crippen LogP) is 3.87. The Morgan fingerprint density at radius 2 is 2.05 bits per heavy atom. The molecule has 1 aromatic heterocycles. The number of ether oxygens (including phenoxy) is 1. The number of carbonyl (C=O) groups excluding carboxylic acids is 1. The Kier molecular flexibility index (Phi) is 5.22. The fraction of sp³-hybridized carbons (Fsp3) is 0.0667. The van der Waals surface area contributed by atoms with Crippen molar-refractivity contribution in [1.29, 1.82) is 5.26 Å². The van der Waals surface area contributed by atoms with Crippen LogP contribution in [0.15, 0.2) is 41.8 Å². The van der Waals surface area contributed by atoms with Crippen LogP contribution in [0.25, 0.3) is 6.08 Å². The van der Waals surface area contributed by atoms with Crippen LogP contribution < -0.4 is 10.1 Å². The number of nitrogens with zero attached hydrogens (tertiary/aromatic N) is 1. The van der Waals surface area contributed by atoms with Crippen LogP contribution in [0.5, 0.6) is 5.75 Å². The molecule has 0 spiro atoms. The highest BCUT2D eigenvalue weighted by atomic mass is 32.1. The van der Waals surface area contributed by atoms with Crippen molar-refractivity contribution >= 4 is 28.3 Å². The molecule has 22 heavy (non-hydrogen) atoms. The number of nitriles is 1. The second kappa shape index (κ2) is 7.33. The molecule has 0 radical (unpaired) electrons. The summed E-state index contributed by atoms with van der Waals surface area (Å²) >= 11 is 1.26. The van der Waals surface area contributed by atoms with Crippen molar-refractivity contribution < 1.29 is 18.3 Å². The van der Waals surface area contributed by atoms with Gasteiger partial charge in [0.2, 0.25) is 5.91 Å². The fourth-order valence-electron chi connectivity index (χ4n) is 1.58. The first-order valence-corrected chi connectivity index (χ1v) is 6.98. The van der Waals surface area contributed by atoms with E-state index < -0.39 is 6.61 Å². The Balaban J connectivity index is 1.96. The van der Waals surface area contributed by atoms with Gasteiger partial charge in [0, 0.05) is 6.08 Å². The first kappa shape index (κ1) is 15.7. The molecule has 0 saturated heterocycles. The maximum atomic E-state index is 12.0. The zero-order valence-electron chi connectivity index (χ0n) is 11.1. The molecule has 1 heterocycles. The summed E-state index contributed by atoms with van der Waals surface area (Å²) in [6.07, 6.45) is 2.82. The largest absolute Gasteiger partial charge is 0.435 e. The maximum absolute atomic E-state index is 12.0. The molecule has 0 fully saturated rings. The van der Waals surface area contributed by atoms with Gasteiger partial charge in [0.1, 0.15) is 16.8 Å². The van der Waals surface area contributed by atoms with Crippen molar-refractivity contribution in [1.82, 2.24) is 0 Å². The number of anilines is 1. The molecular weight excluding hydrogens is 310 g/mol. The van der Waals surface area contributed by atoms with Crippen LogP contribution in [0.4, 0.5) is 13.8 Å². The van der Waals surface area contributed by atoms with Crippen LogP contribution in [-0.2, 0) is 4.79 Å². The quantitative estimate of drug-likeness (QED) is 0.851. The molecule has 2 aromatic rings. The van der Waals surface area contributed by atoms with Crippen molar-refractivity contribution in [3.05, 3.63) is 52.9 Å². The minimum absolute atomic E-state index is 0.0499. The van der Waals surface area contributed by atoms with Gasteiger partial charge in [-0.05, 0) is 35.2 Å². The molecule has 0 aliphatic carbocycles. The van der Waals surface area contributed by atoms with E-state index in [-0.39, 0.29) is 11.7 Å². The number of hydrogen-bond acceptors (Lipinski definition) is 4. The van der Waals surface area contributed by atoms with Crippen molar-refractivity contribution in [3.8, 4) is 11.8 Å². The van der Waals surface area contributed by atoms with E-state index in [1.807, 2.05) is 6.07 Å². The van der Waals surface area contributed by atoms with Gasteiger partial charge in [-0.2, -0.15) is 14.0 Å². The van der Waals surface area contributed by atoms with Crippen LogP contribution in [0.2, 0.25) is 0 Å². The van der Waals surface area contributed by atoms with Crippen molar-refractivity contribution in [3.63, 3.8) is 0 Å². The molecule has 0 saturated carbocycles. The zero-order chi connectivity index (χ0) is 15.9. The van der Waals surface area contributed by atoms with Gasteiger partial charge in [0.05, 0.1) is 5.56 Å². The van der Waals surface area contributed by atoms with E-state index in [1.54, 1.807) is 23.6 Å². The van der Waals surface area contributed by atoms with Crippen LogP contribution in [0, 0.1) is 11.3 Å². The predicted molar refractivity (Wildman–Crippen MR) is 79.8 cm³/mol. The Bertz CT molecular complexity index is 718. The third-order valence-corrected chi connectivity index (χ3v) is 3.38. The highest BCUT2D eigenvalue weighted by molar-refractivity contribution is 7.14. The van der Waals surface area contributed by atoms with Crippen molar-refractivity contribution in [2.75, 3.05) is 5.32 Å². The third kappa shape index (κ3) is 4.40. The summed E-state index contributed by atoms with van der Waals surface area (Å²) in [6.45, 7) is -2.87. The van der Waals surface area contributed by atoms with E-state index in [1.165, 1.54) is 35.6 Å². The molecule has 1 N–H and O–H groups in total. The monoisotopic (exact) mass is 320 g/mol. The van der Waals surface area contributed by atoms with Gasteiger partial charge in [-0.25, -0.2) is 0 Å². The first-order chi connectivity index (χ1) is 10.6. The number of alkyl halides is 2. The summed E-state index contributed by atoms with van der Waals surface area (Å²) in [5.41, 5.74) is 1.06. The molecule has 2 rings (SSSR count). The Labute approximate surface area is 129 Å². The lowest BCUT2D eigenvalue weighted by Gasteiger charge is -2.03. The summed E-state index contributed by atoms with van der Waals surface area (Å²) in [4.78, 5) is 11.7. The first-order valence-electron chi connectivity index (χ1n) is 6.10. The minimum atomic E-state index is -2.87. The standard InChI is InChI=1S/C15H10F2N2O2S/c16-15(17)21-12-4-1-10(2-5-12)3-6-13(20)19-14-11(9-18)7-8-22-14/h1-8,15H,(H,19,20)/b6-3+. The maximum Gasteiger partial charge on any atom is 0.387 e. The lowest BCUT2D eigenvalue weighted by Crippen LogP contribution is -2.07. The van der Waals surface area contributed by atoms with E-state index in [4.69, 9.17) is 5.26 Å². The highest BCUT2D eigenvalue weighted by Gasteiger charge is 2.06. The van der Waals surface area contributed by atoms with Crippen LogP contribution >= 0.6 is 11.3 Å². The zero-order valence-corrected chi connectivity index (χ0v) is 11.9. The Morgan fingerprint density at radius 1 is 1.32 bits per heavy atom. The van der Waals surface area contributed by atoms with Gasteiger partial charge in [-0.3, -0.25) is 4.79 Å². The molecule has 1 aromatic carbocycles. The number of carbonyl (C=O) groups is 1. The third-order valence-electron chi connectivity index (χ3n) is 2.55. The van der Waals surface area contributed by atoms with E-state index >= 15 is 0 Å². The van der Waals surface area contributed by atoms with Gasteiger partial charge < -0.3 is 10.1 Å². The highest BCUT2D eigenvalue weighted by Crippen LogP contribution is 2.22. The summed E-state index contributed by atoms with van der Waals surface area (Å²) in [7, 11) is 0. The molecule has 0 unspecified atom stereocenters. The van der Waals surface area contributed by atoms with Gasteiger partial charge >= 0.3 is 6.61 Å². The summed E-state index contributed by atoms with van der Waals surface area (Å²) < 4.78 is 28.2. The van der Waals surface area contributed by atoms with Gasteiger partial charge in [0.25, 0.3) is 0 Å². The normalized spacial score (nSPS) is 10.6. The Hall–Kier alpha value is -2.72. The van der Waals surface area contributed by atoms with E-state index in [0.29, 0.717) is 16.1 Å². The van der Waals surface area contributed by atoms with Crippen LogP contribution in [0.3, 0.4) is 0 Å². The van der Waals surface area contributed by atoms with Gasteiger partial charge in [-0.15, -0.1) is 11.3 Å². The summed E-state index contributed by atoms with van der Waals surface area (Å²) in [5.74, 6) is -0.333. The van der Waals surface area contributed by atoms with Gasteiger partial charge in [-0.1, -0.05) is 12.1 Å². The second-order valence-electron chi connectivity index (χ2n) is 4.05. The topological polar surface area (TPSA) is 62.1 Å². The van der Waals surface area contributed by atoms with E-state index in [2.05, 4.69) is 10.1 Å². The lowest BCUT2D eigenvalue weighted by atomic mass is 10.2. The number of halogens is 2. The molecule has 0 aliphatic rings. The number of amides is 1. The SMILES string of the molecule is N#Cc1ccsc1NC(=O)/C=C/c1ccc(OC(F)F)cc1. The summed E-state index contributed by atoms with van der Waals surface area (Å²) in [6, 6.07) is 9.46. The fourth-order valence-corrected chi connectivity index (χ4v) is 2.32. The number of nitrogens with one attached hydrogen (secondary N) is 1. The van der Waals surface area contributed by atoms with Gasteiger partial charge in [0.15, 0.2) is 0 Å². The van der Waals surface area contributed by atoms with E-state index in [9.17, 15) is 13.6 Å². The van der Waals surface area contributed by atoms with Crippen molar-refractivity contribution in [2.24, 2.45) is 0 Å². The van der Waals surface area contributed by atoms with Crippen molar-refractivity contribution in [2.45, 2.75) is 6.61 Å². The molecule has 4 nitrogen and oxygen atoms in total. The Morgan fingerprint density at radius 3 is 2.68 bits per heavy atom. The molecule has 0 aliphatic heterocycles. The summed E-state index contributed by atoms with van der Waals surface area (Å²) in [5, 5.41) is 13.6. The number of hydrogen-bond donors (Lipinski definition) is 1. The molecule has 0 bridgehead atoms. The number of benzene rings is 1. The van der Waals surface area contributed by atoms with Crippen LogP contribution in [0.1, 0.15) is 11.1 Å². The second-order valence-corrected chi connectivity index (χ2v) is 4.96. The van der Waals surface area contributed by atoms with E-state index in [0.717, 1.165) is 0 Å². The molecule has 0 atom stereocenters. The molecular formula is C15H10F2N2O2S.